The summed E-state index contributed by atoms with van der Waals surface area (Å²) in [6.45, 7) is 5.43. The van der Waals surface area contributed by atoms with E-state index < -0.39 is 5.41 Å². The topological polar surface area (TPSA) is 30.3 Å². The van der Waals surface area contributed by atoms with Gasteiger partial charge >= 0.3 is 0 Å². The lowest BCUT2D eigenvalue weighted by Gasteiger charge is -2.47. The standard InChI is InChI=1S/C34H38FN3S/c35-30-10-6-9-29(21-30)34(25-36,27-7-4-5-8-27)28-17-19-37(20-18-28)22-26-23-38(24-26)31-13-15-33(16-14-31)39-32-11-2-1-3-12-32/h1-3,6,9-16,21,26-28H,4-5,7-8,17-20,22-24H2. The van der Waals surface area contributed by atoms with Gasteiger partial charge in [-0.1, -0.05) is 54.9 Å². The van der Waals surface area contributed by atoms with Crippen molar-refractivity contribution in [2.24, 2.45) is 17.8 Å². The Balaban J connectivity index is 1.02. The zero-order chi connectivity index (χ0) is 26.7. The van der Waals surface area contributed by atoms with E-state index >= 15 is 0 Å². The normalized spacial score (nSPS) is 20.9. The van der Waals surface area contributed by atoms with Gasteiger partial charge < -0.3 is 9.80 Å². The summed E-state index contributed by atoms with van der Waals surface area (Å²) < 4.78 is 14.3. The van der Waals surface area contributed by atoms with E-state index in [1.807, 2.05) is 6.07 Å². The highest BCUT2D eigenvalue weighted by atomic mass is 32.2. The summed E-state index contributed by atoms with van der Waals surface area (Å²) in [5.74, 6) is 1.12. The van der Waals surface area contributed by atoms with Crippen molar-refractivity contribution < 1.29 is 4.39 Å². The number of rotatable bonds is 8. The van der Waals surface area contributed by atoms with Crippen LogP contribution in [0.2, 0.25) is 0 Å². The lowest BCUT2D eigenvalue weighted by atomic mass is 9.60. The maximum Gasteiger partial charge on any atom is 0.123 e. The molecule has 3 aromatic rings. The van der Waals surface area contributed by atoms with Gasteiger partial charge in [-0.15, -0.1) is 0 Å². The number of anilines is 1. The van der Waals surface area contributed by atoms with Crippen LogP contribution < -0.4 is 4.90 Å². The van der Waals surface area contributed by atoms with Crippen molar-refractivity contribution >= 4 is 17.4 Å². The second-order valence-corrected chi connectivity index (χ2v) is 12.9. The summed E-state index contributed by atoms with van der Waals surface area (Å²) in [4.78, 5) is 7.64. The van der Waals surface area contributed by atoms with Gasteiger partial charge in [0.25, 0.3) is 0 Å². The van der Waals surface area contributed by atoms with Crippen molar-refractivity contribution in [3.8, 4) is 6.07 Å². The van der Waals surface area contributed by atoms with Gasteiger partial charge in [0.15, 0.2) is 0 Å². The first-order valence-corrected chi connectivity index (χ1v) is 15.4. The van der Waals surface area contributed by atoms with Crippen molar-refractivity contribution in [1.82, 2.24) is 4.90 Å². The summed E-state index contributed by atoms with van der Waals surface area (Å²) in [5.41, 5.74) is 1.68. The molecule has 6 rings (SSSR count). The van der Waals surface area contributed by atoms with Gasteiger partial charge in [-0.25, -0.2) is 4.39 Å². The van der Waals surface area contributed by atoms with Crippen LogP contribution in [0.15, 0.2) is 88.7 Å². The van der Waals surface area contributed by atoms with Crippen molar-refractivity contribution in [1.29, 1.82) is 5.26 Å². The molecule has 0 radical (unpaired) electrons. The molecule has 0 spiro atoms. The first kappa shape index (κ1) is 26.4. The number of likely N-dealkylation sites (tertiary alicyclic amines) is 1. The number of hydrogen-bond donors (Lipinski definition) is 0. The molecule has 0 bridgehead atoms. The van der Waals surface area contributed by atoms with E-state index in [1.54, 1.807) is 23.9 Å². The Kier molecular flexibility index (Phi) is 7.95. The second-order valence-electron chi connectivity index (χ2n) is 11.7. The quantitative estimate of drug-likeness (QED) is 0.292. The molecule has 202 valence electrons. The first-order chi connectivity index (χ1) is 19.1. The number of piperidine rings is 1. The van der Waals surface area contributed by atoms with Crippen LogP contribution in [0, 0.1) is 34.9 Å². The molecule has 3 nitrogen and oxygen atoms in total. The summed E-state index contributed by atoms with van der Waals surface area (Å²) in [6.07, 6.45) is 6.61. The zero-order valence-electron chi connectivity index (χ0n) is 22.6. The molecule has 1 aliphatic carbocycles. The minimum Gasteiger partial charge on any atom is -0.371 e. The largest absolute Gasteiger partial charge is 0.371 e. The van der Waals surface area contributed by atoms with E-state index in [0.29, 0.717) is 17.8 Å². The van der Waals surface area contributed by atoms with Gasteiger partial charge in [0, 0.05) is 41.0 Å². The number of nitrogens with zero attached hydrogens (tertiary/aromatic N) is 3. The summed E-state index contributed by atoms with van der Waals surface area (Å²) in [5, 5.41) is 10.6. The summed E-state index contributed by atoms with van der Waals surface area (Å²) in [6, 6.07) is 29.2. The van der Waals surface area contributed by atoms with E-state index in [-0.39, 0.29) is 5.82 Å². The molecule has 2 aliphatic heterocycles. The van der Waals surface area contributed by atoms with Crippen molar-refractivity contribution in [3.05, 3.63) is 90.2 Å². The van der Waals surface area contributed by atoms with E-state index in [0.717, 1.165) is 64.0 Å². The molecule has 1 atom stereocenters. The second kappa shape index (κ2) is 11.7. The molecule has 0 amide bonds. The predicted octanol–water partition coefficient (Wildman–Crippen LogP) is 7.78. The van der Waals surface area contributed by atoms with Gasteiger partial charge in [0.1, 0.15) is 5.82 Å². The number of hydrogen-bond acceptors (Lipinski definition) is 4. The molecule has 1 unspecified atom stereocenters. The number of halogens is 1. The van der Waals surface area contributed by atoms with Gasteiger partial charge in [-0.05, 0) is 105 Å². The molecule has 2 saturated heterocycles. The Bertz CT molecular complexity index is 1270. The van der Waals surface area contributed by atoms with E-state index in [1.165, 1.54) is 34.4 Å². The van der Waals surface area contributed by atoms with Gasteiger partial charge in [0.2, 0.25) is 0 Å². The third kappa shape index (κ3) is 5.60. The van der Waals surface area contributed by atoms with Gasteiger partial charge in [0.05, 0.1) is 11.5 Å². The Morgan fingerprint density at radius 1 is 0.821 bits per heavy atom. The minimum atomic E-state index is -0.553. The third-order valence-electron chi connectivity index (χ3n) is 9.37. The van der Waals surface area contributed by atoms with Crippen LogP contribution in [0.25, 0.3) is 0 Å². The molecule has 2 heterocycles. The van der Waals surface area contributed by atoms with Crippen LogP contribution in [0.5, 0.6) is 0 Å². The Morgan fingerprint density at radius 3 is 2.15 bits per heavy atom. The van der Waals surface area contributed by atoms with Crippen LogP contribution in [-0.2, 0) is 5.41 Å². The summed E-state index contributed by atoms with van der Waals surface area (Å²) in [7, 11) is 0. The SMILES string of the molecule is N#CC(c1cccc(F)c1)(C1CCCC1)C1CCN(CC2CN(c3ccc(Sc4ccccc4)cc3)C2)CC1. The monoisotopic (exact) mass is 539 g/mol. The number of benzene rings is 3. The fraction of sp³-hybridized carbons (Fsp3) is 0.441. The lowest BCUT2D eigenvalue weighted by Crippen LogP contribution is -2.53. The van der Waals surface area contributed by atoms with Crippen molar-refractivity contribution in [2.45, 2.75) is 53.7 Å². The highest BCUT2D eigenvalue weighted by Crippen LogP contribution is 2.50. The Hall–Kier alpha value is -2.81. The van der Waals surface area contributed by atoms with E-state index in [4.69, 9.17) is 0 Å². The van der Waals surface area contributed by atoms with Crippen LogP contribution in [-0.4, -0.2) is 37.6 Å². The van der Waals surface area contributed by atoms with Crippen molar-refractivity contribution in [3.63, 3.8) is 0 Å². The number of nitriles is 1. The molecule has 0 N–H and O–H groups in total. The molecule has 39 heavy (non-hydrogen) atoms. The van der Waals surface area contributed by atoms with Gasteiger partial charge in [-0.2, -0.15) is 5.26 Å². The first-order valence-electron chi connectivity index (χ1n) is 14.6. The third-order valence-corrected chi connectivity index (χ3v) is 10.4. The average Bonchev–Trinajstić information content (AvgIpc) is 3.49. The van der Waals surface area contributed by atoms with E-state index in [2.05, 4.69) is 70.5 Å². The van der Waals surface area contributed by atoms with E-state index in [9.17, 15) is 9.65 Å². The maximum absolute atomic E-state index is 14.3. The predicted molar refractivity (Wildman–Crippen MR) is 158 cm³/mol. The highest BCUT2D eigenvalue weighted by Gasteiger charge is 2.49. The molecular weight excluding hydrogens is 501 g/mol. The molecular formula is C34H38FN3S. The molecule has 5 heteroatoms. The van der Waals surface area contributed by atoms with Crippen LogP contribution in [0.4, 0.5) is 10.1 Å². The lowest BCUT2D eigenvalue weighted by molar-refractivity contribution is 0.103. The molecule has 0 aromatic heterocycles. The fourth-order valence-electron chi connectivity index (χ4n) is 7.36. The molecule has 1 saturated carbocycles. The minimum absolute atomic E-state index is 0.221. The van der Waals surface area contributed by atoms with Crippen LogP contribution in [0.3, 0.4) is 0 Å². The van der Waals surface area contributed by atoms with Gasteiger partial charge in [-0.3, -0.25) is 0 Å². The summed E-state index contributed by atoms with van der Waals surface area (Å²) >= 11 is 1.80. The zero-order valence-corrected chi connectivity index (χ0v) is 23.5. The Morgan fingerprint density at radius 2 is 1.49 bits per heavy atom. The highest BCUT2D eigenvalue weighted by molar-refractivity contribution is 7.99. The van der Waals surface area contributed by atoms with Crippen LogP contribution >= 0.6 is 11.8 Å². The average molecular weight is 540 g/mol. The molecule has 3 aliphatic rings. The van der Waals surface area contributed by atoms with Crippen molar-refractivity contribution in [2.75, 3.05) is 37.6 Å². The van der Waals surface area contributed by atoms with Crippen LogP contribution in [0.1, 0.15) is 44.1 Å². The molecule has 3 aromatic carbocycles. The Labute approximate surface area is 237 Å². The maximum atomic E-state index is 14.3. The smallest absolute Gasteiger partial charge is 0.123 e. The fourth-order valence-corrected chi connectivity index (χ4v) is 8.20. The molecule has 3 fully saturated rings.